The van der Waals surface area contributed by atoms with Gasteiger partial charge in [0.1, 0.15) is 6.54 Å². The second kappa shape index (κ2) is 7.04. The Morgan fingerprint density at radius 3 is 2.40 bits per heavy atom. The van der Waals surface area contributed by atoms with Crippen molar-refractivity contribution in [3.8, 4) is 0 Å². The minimum atomic E-state index is -0.412. The number of carbonyl (C=O) groups excluding carboxylic acids is 4. The Morgan fingerprint density at radius 2 is 1.76 bits per heavy atom. The van der Waals surface area contributed by atoms with E-state index in [9.17, 15) is 19.2 Å². The van der Waals surface area contributed by atoms with Crippen LogP contribution in [0.4, 0.5) is 11.4 Å². The van der Waals surface area contributed by atoms with Gasteiger partial charge in [-0.1, -0.05) is 0 Å². The van der Waals surface area contributed by atoms with Crippen molar-refractivity contribution in [1.82, 2.24) is 4.90 Å². The Balaban J connectivity index is 1.66. The normalized spacial score (nSPS) is 18.0. The van der Waals surface area contributed by atoms with Crippen LogP contribution in [-0.4, -0.2) is 41.6 Å². The van der Waals surface area contributed by atoms with Crippen molar-refractivity contribution in [3.05, 3.63) is 23.8 Å². The molecule has 7 nitrogen and oxygen atoms in total. The Hall–Kier alpha value is -2.70. The number of piperidine rings is 1. The van der Waals surface area contributed by atoms with Crippen molar-refractivity contribution in [2.24, 2.45) is 0 Å². The monoisotopic (exact) mass is 343 g/mol. The van der Waals surface area contributed by atoms with Crippen LogP contribution in [0.15, 0.2) is 18.2 Å². The summed E-state index contributed by atoms with van der Waals surface area (Å²) in [6, 6.07) is 5.35. The van der Waals surface area contributed by atoms with Gasteiger partial charge in [0.2, 0.25) is 23.6 Å². The maximum atomic E-state index is 12.1. The van der Waals surface area contributed by atoms with Gasteiger partial charge in [0, 0.05) is 37.2 Å². The topological polar surface area (TPSA) is 86.8 Å². The summed E-state index contributed by atoms with van der Waals surface area (Å²) in [5.41, 5.74) is 2.32. The molecule has 0 bridgehead atoms. The molecule has 1 aromatic carbocycles. The van der Waals surface area contributed by atoms with Crippen LogP contribution in [0.25, 0.3) is 0 Å². The van der Waals surface area contributed by atoms with Crippen molar-refractivity contribution < 1.29 is 19.2 Å². The molecule has 2 heterocycles. The lowest BCUT2D eigenvalue weighted by Gasteiger charge is -2.28. The molecule has 0 unspecified atom stereocenters. The third-order valence-corrected chi connectivity index (χ3v) is 4.55. The first kappa shape index (κ1) is 17.1. The molecule has 1 N–H and O–H groups in total. The summed E-state index contributed by atoms with van der Waals surface area (Å²) in [6.07, 6.45) is 2.82. The van der Waals surface area contributed by atoms with E-state index in [1.807, 2.05) is 13.0 Å². The molecule has 0 spiro atoms. The van der Waals surface area contributed by atoms with E-state index >= 15 is 0 Å². The summed E-state index contributed by atoms with van der Waals surface area (Å²) >= 11 is 0. The average Bonchev–Trinajstić information content (AvgIpc) is 2.88. The van der Waals surface area contributed by atoms with Gasteiger partial charge in [-0.05, 0) is 43.5 Å². The van der Waals surface area contributed by atoms with Gasteiger partial charge in [-0.15, -0.1) is 0 Å². The fourth-order valence-corrected chi connectivity index (χ4v) is 3.24. The summed E-state index contributed by atoms with van der Waals surface area (Å²) in [5.74, 6) is -0.910. The second-order valence-corrected chi connectivity index (χ2v) is 6.43. The number of nitrogens with one attached hydrogen (secondary N) is 1. The molecule has 2 saturated heterocycles. The highest BCUT2D eigenvalue weighted by Gasteiger charge is 2.30. The Bertz CT molecular complexity index is 728. The quantitative estimate of drug-likeness (QED) is 0.841. The predicted octanol–water partition coefficient (Wildman–Crippen LogP) is 1.60. The molecule has 0 saturated carbocycles. The number of carbonyl (C=O) groups is 4. The molecular weight excluding hydrogens is 322 g/mol. The van der Waals surface area contributed by atoms with Gasteiger partial charge in [-0.3, -0.25) is 24.1 Å². The van der Waals surface area contributed by atoms with Gasteiger partial charge in [-0.25, -0.2) is 0 Å². The van der Waals surface area contributed by atoms with Gasteiger partial charge in [0.25, 0.3) is 0 Å². The molecule has 0 aromatic heterocycles. The number of aryl methyl sites for hydroxylation is 1. The zero-order valence-corrected chi connectivity index (χ0v) is 14.2. The summed E-state index contributed by atoms with van der Waals surface area (Å²) in [7, 11) is 0. The molecule has 0 atom stereocenters. The van der Waals surface area contributed by atoms with Gasteiger partial charge in [0.05, 0.1) is 0 Å². The lowest BCUT2D eigenvalue weighted by Crippen LogP contribution is -2.37. The van der Waals surface area contributed by atoms with Crippen molar-refractivity contribution in [1.29, 1.82) is 0 Å². The minimum absolute atomic E-state index is 0.122. The number of benzene rings is 1. The van der Waals surface area contributed by atoms with Gasteiger partial charge in [0.15, 0.2) is 0 Å². The lowest BCUT2D eigenvalue weighted by molar-refractivity contribution is -0.141. The fourth-order valence-electron chi connectivity index (χ4n) is 3.24. The second-order valence-electron chi connectivity index (χ2n) is 6.43. The van der Waals surface area contributed by atoms with E-state index in [1.165, 1.54) is 0 Å². The Morgan fingerprint density at radius 1 is 1.04 bits per heavy atom. The first-order valence-electron chi connectivity index (χ1n) is 8.50. The highest BCUT2D eigenvalue weighted by Crippen LogP contribution is 2.27. The molecule has 4 amide bonds. The van der Waals surface area contributed by atoms with Crippen molar-refractivity contribution in [3.63, 3.8) is 0 Å². The molecular formula is C18H21N3O4. The van der Waals surface area contributed by atoms with Crippen LogP contribution in [0.1, 0.15) is 37.7 Å². The molecule has 2 fully saturated rings. The number of hydrogen-bond donors (Lipinski definition) is 1. The Labute approximate surface area is 146 Å². The van der Waals surface area contributed by atoms with Crippen LogP contribution in [-0.2, 0) is 19.2 Å². The van der Waals surface area contributed by atoms with Crippen LogP contribution in [0.5, 0.6) is 0 Å². The number of amides is 4. The number of nitrogens with zero attached hydrogens (tertiary/aromatic N) is 2. The van der Waals surface area contributed by atoms with E-state index in [0.717, 1.165) is 29.0 Å². The first-order valence-corrected chi connectivity index (χ1v) is 8.50. The lowest BCUT2D eigenvalue weighted by atomic mass is 10.1. The number of imide groups is 1. The standard InChI is InChI=1S/C18H21N3O4/c1-12-10-13(5-6-14(12)20-9-3-2-4-16(20)23)19-15(22)11-21-17(24)7-8-18(21)25/h5-6,10H,2-4,7-9,11H2,1H3,(H,19,22). The van der Waals surface area contributed by atoms with E-state index in [2.05, 4.69) is 5.32 Å². The van der Waals surface area contributed by atoms with E-state index in [4.69, 9.17) is 0 Å². The van der Waals surface area contributed by atoms with E-state index in [-0.39, 0.29) is 37.1 Å². The number of hydrogen-bond acceptors (Lipinski definition) is 4. The fraction of sp³-hybridized carbons (Fsp3) is 0.444. The molecule has 3 rings (SSSR count). The maximum absolute atomic E-state index is 12.1. The Kier molecular flexibility index (Phi) is 4.83. The average molecular weight is 343 g/mol. The molecule has 0 aliphatic carbocycles. The van der Waals surface area contributed by atoms with E-state index in [1.54, 1.807) is 17.0 Å². The molecule has 2 aliphatic heterocycles. The van der Waals surface area contributed by atoms with Gasteiger partial charge < -0.3 is 10.2 Å². The summed E-state index contributed by atoms with van der Waals surface area (Å²) in [5, 5.41) is 2.70. The molecule has 132 valence electrons. The highest BCUT2D eigenvalue weighted by molar-refractivity contribution is 6.06. The van der Waals surface area contributed by atoms with Crippen LogP contribution >= 0.6 is 0 Å². The predicted molar refractivity (Wildman–Crippen MR) is 92.0 cm³/mol. The zero-order valence-electron chi connectivity index (χ0n) is 14.2. The number of likely N-dealkylation sites (tertiary alicyclic amines) is 1. The minimum Gasteiger partial charge on any atom is -0.325 e. The maximum Gasteiger partial charge on any atom is 0.244 e. The molecule has 25 heavy (non-hydrogen) atoms. The number of anilines is 2. The summed E-state index contributed by atoms with van der Waals surface area (Å²) < 4.78 is 0. The third kappa shape index (κ3) is 3.70. The first-order chi connectivity index (χ1) is 12.0. The zero-order chi connectivity index (χ0) is 18.0. The molecule has 7 heteroatoms. The SMILES string of the molecule is Cc1cc(NC(=O)CN2C(=O)CCC2=O)ccc1N1CCCCC1=O. The summed E-state index contributed by atoms with van der Waals surface area (Å²) in [6.45, 7) is 2.34. The van der Waals surface area contributed by atoms with Gasteiger partial charge >= 0.3 is 0 Å². The number of rotatable bonds is 4. The van der Waals surface area contributed by atoms with Crippen LogP contribution in [0.3, 0.4) is 0 Å². The largest absolute Gasteiger partial charge is 0.325 e. The molecule has 1 aromatic rings. The molecule has 0 radical (unpaired) electrons. The highest BCUT2D eigenvalue weighted by atomic mass is 16.2. The van der Waals surface area contributed by atoms with Crippen LogP contribution in [0, 0.1) is 6.92 Å². The summed E-state index contributed by atoms with van der Waals surface area (Å²) in [4.78, 5) is 50.0. The van der Waals surface area contributed by atoms with Gasteiger partial charge in [-0.2, -0.15) is 0 Å². The van der Waals surface area contributed by atoms with Crippen LogP contribution < -0.4 is 10.2 Å². The smallest absolute Gasteiger partial charge is 0.244 e. The van der Waals surface area contributed by atoms with Crippen molar-refractivity contribution in [2.45, 2.75) is 39.0 Å². The van der Waals surface area contributed by atoms with Crippen LogP contribution in [0.2, 0.25) is 0 Å². The molecule has 2 aliphatic rings. The van der Waals surface area contributed by atoms with Crippen molar-refractivity contribution in [2.75, 3.05) is 23.3 Å². The van der Waals surface area contributed by atoms with E-state index < -0.39 is 5.91 Å². The van der Waals surface area contributed by atoms with E-state index in [0.29, 0.717) is 18.7 Å². The van der Waals surface area contributed by atoms with Crippen molar-refractivity contribution >= 4 is 35.0 Å². The third-order valence-electron chi connectivity index (χ3n) is 4.55.